The highest BCUT2D eigenvalue weighted by atomic mass is 79.9. The summed E-state index contributed by atoms with van der Waals surface area (Å²) in [5, 5.41) is 8.74. The lowest BCUT2D eigenvalue weighted by molar-refractivity contribution is -0.137. The molecule has 74 valence electrons. The molecule has 3 heteroatoms. The number of benzene rings is 1. The zero-order valence-electron chi connectivity index (χ0n) is 7.66. The fourth-order valence-electron chi connectivity index (χ4n) is 2.10. The van der Waals surface area contributed by atoms with E-state index in [9.17, 15) is 4.79 Å². The largest absolute Gasteiger partial charge is 0.481 e. The highest BCUT2D eigenvalue weighted by molar-refractivity contribution is 9.10. The van der Waals surface area contributed by atoms with Gasteiger partial charge in [0, 0.05) is 4.47 Å². The second kappa shape index (κ2) is 3.73. The van der Waals surface area contributed by atoms with Crippen molar-refractivity contribution in [1.82, 2.24) is 0 Å². The second-order valence-corrected chi connectivity index (χ2v) is 4.59. The van der Waals surface area contributed by atoms with Gasteiger partial charge in [-0.15, -0.1) is 0 Å². The Bertz CT molecular complexity index is 374. The maximum atomic E-state index is 10.6. The van der Waals surface area contributed by atoms with Gasteiger partial charge in [-0.3, -0.25) is 4.79 Å². The topological polar surface area (TPSA) is 37.3 Å². The van der Waals surface area contributed by atoms with Crippen LogP contribution in [0.3, 0.4) is 0 Å². The Labute approximate surface area is 91.1 Å². The molecule has 0 aliphatic heterocycles. The summed E-state index contributed by atoms with van der Waals surface area (Å²) in [7, 11) is 0. The molecule has 0 amide bonds. The molecule has 1 aromatic rings. The molecule has 0 spiro atoms. The Kier molecular flexibility index (Phi) is 2.59. The van der Waals surface area contributed by atoms with E-state index in [0.29, 0.717) is 0 Å². The first-order valence-electron chi connectivity index (χ1n) is 4.67. The van der Waals surface area contributed by atoms with Crippen molar-refractivity contribution in [3.63, 3.8) is 0 Å². The average Bonchev–Trinajstić information content (AvgIpc) is 2.47. The lowest BCUT2D eigenvalue weighted by atomic mass is 9.98. The van der Waals surface area contributed by atoms with E-state index >= 15 is 0 Å². The van der Waals surface area contributed by atoms with Gasteiger partial charge in [-0.2, -0.15) is 0 Å². The van der Waals surface area contributed by atoms with E-state index in [0.717, 1.165) is 17.3 Å². The minimum Gasteiger partial charge on any atom is -0.481 e. The van der Waals surface area contributed by atoms with Crippen molar-refractivity contribution in [3.8, 4) is 0 Å². The van der Waals surface area contributed by atoms with Gasteiger partial charge >= 0.3 is 5.97 Å². The maximum absolute atomic E-state index is 10.6. The van der Waals surface area contributed by atoms with Gasteiger partial charge in [0.2, 0.25) is 0 Å². The Morgan fingerprint density at radius 1 is 1.57 bits per heavy atom. The van der Waals surface area contributed by atoms with Crippen LogP contribution in [0, 0.1) is 0 Å². The van der Waals surface area contributed by atoms with Crippen LogP contribution in [0.15, 0.2) is 22.7 Å². The van der Waals surface area contributed by atoms with Gasteiger partial charge < -0.3 is 5.11 Å². The molecule has 0 bridgehead atoms. The summed E-state index contributed by atoms with van der Waals surface area (Å²) in [5.41, 5.74) is 2.52. The zero-order chi connectivity index (χ0) is 10.1. The van der Waals surface area contributed by atoms with Gasteiger partial charge in [-0.1, -0.05) is 22.0 Å². The van der Waals surface area contributed by atoms with E-state index in [4.69, 9.17) is 5.11 Å². The third-order valence-corrected chi connectivity index (χ3v) is 3.22. The maximum Gasteiger partial charge on any atom is 0.303 e. The molecule has 14 heavy (non-hydrogen) atoms. The zero-order valence-corrected chi connectivity index (χ0v) is 9.25. The summed E-state index contributed by atoms with van der Waals surface area (Å²) in [6.07, 6.45) is 2.24. The molecule has 0 heterocycles. The highest BCUT2D eigenvalue weighted by Crippen LogP contribution is 2.36. The number of hydrogen-bond donors (Lipinski definition) is 1. The van der Waals surface area contributed by atoms with E-state index in [2.05, 4.69) is 22.0 Å². The van der Waals surface area contributed by atoms with Crippen molar-refractivity contribution in [2.24, 2.45) is 0 Å². The predicted molar refractivity (Wildman–Crippen MR) is 57.5 cm³/mol. The second-order valence-electron chi connectivity index (χ2n) is 3.68. The summed E-state index contributed by atoms with van der Waals surface area (Å²) in [4.78, 5) is 10.6. The van der Waals surface area contributed by atoms with Gasteiger partial charge in [0.25, 0.3) is 0 Å². The van der Waals surface area contributed by atoms with Crippen LogP contribution in [0.2, 0.25) is 0 Å². The molecule has 1 aliphatic rings. The van der Waals surface area contributed by atoms with Crippen LogP contribution >= 0.6 is 15.9 Å². The summed E-state index contributed by atoms with van der Waals surface area (Å²) in [6, 6.07) is 6.12. The average molecular weight is 255 g/mol. The first-order chi connectivity index (χ1) is 6.66. The fourth-order valence-corrected chi connectivity index (χ4v) is 2.51. The van der Waals surface area contributed by atoms with Crippen LogP contribution in [-0.4, -0.2) is 11.1 Å². The summed E-state index contributed by atoms with van der Waals surface area (Å²) >= 11 is 3.42. The molecule has 0 fully saturated rings. The summed E-state index contributed by atoms with van der Waals surface area (Å²) in [6.45, 7) is 0. The first-order valence-corrected chi connectivity index (χ1v) is 5.46. The molecular formula is C11H11BrO2. The molecule has 1 N–H and O–H groups in total. The van der Waals surface area contributed by atoms with Crippen molar-refractivity contribution < 1.29 is 9.90 Å². The molecule has 1 aliphatic carbocycles. The van der Waals surface area contributed by atoms with Crippen LogP contribution in [0.25, 0.3) is 0 Å². The van der Waals surface area contributed by atoms with Gasteiger partial charge in [-0.25, -0.2) is 0 Å². The molecule has 2 rings (SSSR count). The molecule has 0 saturated carbocycles. The van der Waals surface area contributed by atoms with E-state index < -0.39 is 5.97 Å². The van der Waals surface area contributed by atoms with Gasteiger partial charge in [0.05, 0.1) is 6.42 Å². The number of carboxylic acid groups (broad SMARTS) is 1. The van der Waals surface area contributed by atoms with Crippen molar-refractivity contribution >= 4 is 21.9 Å². The number of aryl methyl sites for hydroxylation is 1. The number of rotatable bonds is 2. The molecule has 1 aromatic carbocycles. The first kappa shape index (κ1) is 9.71. The Hall–Kier alpha value is -0.830. The number of halogens is 1. The third-order valence-electron chi connectivity index (χ3n) is 2.73. The van der Waals surface area contributed by atoms with E-state index in [1.807, 2.05) is 12.1 Å². The predicted octanol–water partition coefficient (Wildman–Crippen LogP) is 2.95. The lowest BCUT2D eigenvalue weighted by Gasteiger charge is -2.07. The number of carbonyl (C=O) groups is 1. The van der Waals surface area contributed by atoms with Crippen LogP contribution in [0.5, 0.6) is 0 Å². The van der Waals surface area contributed by atoms with Crippen LogP contribution in [-0.2, 0) is 11.2 Å². The summed E-state index contributed by atoms with van der Waals surface area (Å²) in [5.74, 6) is -0.485. The number of aliphatic carboxylic acids is 1. The SMILES string of the molecule is O=C(O)C[C@H]1CCc2cc(Br)ccc21. The Balaban J connectivity index is 2.26. The molecule has 0 unspecified atom stereocenters. The third kappa shape index (κ3) is 1.82. The molecule has 2 nitrogen and oxygen atoms in total. The minimum atomic E-state index is -0.703. The van der Waals surface area contributed by atoms with Crippen LogP contribution in [0.4, 0.5) is 0 Å². The molecule has 0 radical (unpaired) electrons. The van der Waals surface area contributed by atoms with Crippen molar-refractivity contribution in [1.29, 1.82) is 0 Å². The minimum absolute atomic E-state index is 0.218. The van der Waals surface area contributed by atoms with Crippen molar-refractivity contribution in [3.05, 3.63) is 33.8 Å². The molecule has 0 aromatic heterocycles. The van der Waals surface area contributed by atoms with Gasteiger partial charge in [0.15, 0.2) is 0 Å². The standard InChI is InChI=1S/C11H11BrO2/c12-9-3-4-10-7(5-9)1-2-8(10)6-11(13)14/h3-5,8H,1-2,6H2,(H,13,14)/t8-/m1/s1. The van der Waals surface area contributed by atoms with Crippen molar-refractivity contribution in [2.45, 2.75) is 25.2 Å². The Morgan fingerprint density at radius 3 is 3.07 bits per heavy atom. The quantitative estimate of drug-likeness (QED) is 0.882. The molecule has 0 saturated heterocycles. The summed E-state index contributed by atoms with van der Waals surface area (Å²) < 4.78 is 1.08. The fraction of sp³-hybridized carbons (Fsp3) is 0.364. The smallest absolute Gasteiger partial charge is 0.303 e. The highest BCUT2D eigenvalue weighted by Gasteiger charge is 2.24. The van der Waals surface area contributed by atoms with Gasteiger partial charge in [-0.05, 0) is 42.0 Å². The van der Waals surface area contributed by atoms with Gasteiger partial charge in [0.1, 0.15) is 0 Å². The van der Waals surface area contributed by atoms with E-state index in [-0.39, 0.29) is 12.3 Å². The number of carboxylic acids is 1. The van der Waals surface area contributed by atoms with Crippen molar-refractivity contribution in [2.75, 3.05) is 0 Å². The number of fused-ring (bicyclic) bond motifs is 1. The van der Waals surface area contributed by atoms with E-state index in [1.165, 1.54) is 11.1 Å². The van der Waals surface area contributed by atoms with E-state index in [1.54, 1.807) is 0 Å². The van der Waals surface area contributed by atoms with Crippen LogP contribution < -0.4 is 0 Å². The normalized spacial score (nSPS) is 19.4. The number of hydrogen-bond acceptors (Lipinski definition) is 1. The van der Waals surface area contributed by atoms with Crippen LogP contribution in [0.1, 0.15) is 29.9 Å². The molecule has 1 atom stereocenters. The monoisotopic (exact) mass is 254 g/mol. The lowest BCUT2D eigenvalue weighted by Crippen LogP contribution is -2.02. The Morgan fingerprint density at radius 2 is 2.36 bits per heavy atom. The molecular weight excluding hydrogens is 244 g/mol.